The number of aromatic amines is 1. The third kappa shape index (κ3) is 1.92. The Morgan fingerprint density at radius 2 is 2.25 bits per heavy atom. The van der Waals surface area contributed by atoms with Crippen molar-refractivity contribution in [3.8, 4) is 0 Å². The molecule has 1 aromatic heterocycles. The third-order valence-corrected chi connectivity index (χ3v) is 1.66. The van der Waals surface area contributed by atoms with E-state index >= 15 is 0 Å². The summed E-state index contributed by atoms with van der Waals surface area (Å²) in [5, 5.41) is 0. The zero-order valence-electron chi connectivity index (χ0n) is 7.00. The first-order chi connectivity index (χ1) is 5.61. The van der Waals surface area contributed by atoms with E-state index < -0.39 is 0 Å². The molecule has 0 radical (unpaired) electrons. The van der Waals surface area contributed by atoms with E-state index in [1.165, 1.54) is 4.90 Å². The third-order valence-electron chi connectivity index (χ3n) is 1.41. The Labute approximate surface area is 76.0 Å². The minimum atomic E-state index is -0.0679. The summed E-state index contributed by atoms with van der Waals surface area (Å²) in [5.41, 5.74) is 0.521. The largest absolute Gasteiger partial charge is 0.357 e. The lowest BCUT2D eigenvalue weighted by Crippen LogP contribution is -2.22. The molecule has 0 unspecified atom stereocenters. The van der Waals surface area contributed by atoms with Gasteiger partial charge in [0.2, 0.25) is 0 Å². The van der Waals surface area contributed by atoms with Gasteiger partial charge in [0.15, 0.2) is 0 Å². The Morgan fingerprint density at radius 3 is 2.75 bits per heavy atom. The van der Waals surface area contributed by atoms with Crippen LogP contribution in [0.3, 0.4) is 0 Å². The second kappa shape index (κ2) is 3.49. The number of pyridine rings is 1. The molecule has 0 aliphatic carbocycles. The summed E-state index contributed by atoms with van der Waals surface area (Å²) in [6.07, 6.45) is 1.67. The first kappa shape index (κ1) is 8.93. The molecule has 1 aromatic rings. The van der Waals surface area contributed by atoms with Crippen molar-refractivity contribution in [3.05, 3.63) is 28.5 Å². The molecule has 4 heteroatoms. The number of nitrogens with one attached hydrogen (secondary N) is 1. The Balaban J connectivity index is 3.04. The number of H-pyrrole nitrogens is 1. The molecule has 0 saturated heterocycles. The lowest BCUT2D eigenvalue weighted by Gasteiger charge is -2.09. The summed E-state index contributed by atoms with van der Waals surface area (Å²) in [6.45, 7) is 0. The van der Waals surface area contributed by atoms with Crippen LogP contribution >= 0.6 is 12.2 Å². The summed E-state index contributed by atoms with van der Waals surface area (Å²) in [6, 6.07) is 3.39. The van der Waals surface area contributed by atoms with Gasteiger partial charge in [-0.25, -0.2) is 0 Å². The highest BCUT2D eigenvalue weighted by molar-refractivity contribution is 7.71. The molecule has 1 N–H and O–H groups in total. The summed E-state index contributed by atoms with van der Waals surface area (Å²) in [5.74, 6) is -0.0679. The van der Waals surface area contributed by atoms with Gasteiger partial charge in [-0.15, -0.1) is 0 Å². The molecular formula is C8H10N2OS. The monoisotopic (exact) mass is 182 g/mol. The molecule has 1 heterocycles. The van der Waals surface area contributed by atoms with Gasteiger partial charge in [0.05, 0.1) is 0 Å². The lowest BCUT2D eigenvalue weighted by atomic mass is 10.3. The van der Waals surface area contributed by atoms with Gasteiger partial charge in [-0.3, -0.25) is 4.79 Å². The minimum absolute atomic E-state index is 0.0679. The van der Waals surface area contributed by atoms with Gasteiger partial charge in [0.1, 0.15) is 5.69 Å². The van der Waals surface area contributed by atoms with Crippen LogP contribution in [0.1, 0.15) is 10.5 Å². The fourth-order valence-electron chi connectivity index (χ4n) is 0.810. The van der Waals surface area contributed by atoms with Crippen LogP contribution in [-0.4, -0.2) is 29.9 Å². The first-order valence-electron chi connectivity index (χ1n) is 3.51. The molecule has 3 nitrogen and oxygen atoms in total. The van der Waals surface area contributed by atoms with E-state index in [1.54, 1.807) is 32.4 Å². The second-order valence-corrected chi connectivity index (χ2v) is 3.11. The molecule has 0 aliphatic heterocycles. The van der Waals surface area contributed by atoms with Crippen LogP contribution in [0.5, 0.6) is 0 Å². The summed E-state index contributed by atoms with van der Waals surface area (Å²) in [7, 11) is 3.40. The van der Waals surface area contributed by atoms with Crippen molar-refractivity contribution in [2.75, 3.05) is 14.1 Å². The van der Waals surface area contributed by atoms with E-state index in [2.05, 4.69) is 4.98 Å². The molecular weight excluding hydrogens is 172 g/mol. The van der Waals surface area contributed by atoms with Gasteiger partial charge in [0, 0.05) is 24.8 Å². The van der Waals surface area contributed by atoms with Crippen molar-refractivity contribution in [2.24, 2.45) is 0 Å². The van der Waals surface area contributed by atoms with Crippen LogP contribution in [0.15, 0.2) is 18.3 Å². The summed E-state index contributed by atoms with van der Waals surface area (Å²) < 4.78 is 0.666. The first-order valence-corrected chi connectivity index (χ1v) is 3.92. The normalized spacial score (nSPS) is 9.50. The number of hydrogen-bond donors (Lipinski definition) is 1. The molecule has 0 spiro atoms. The van der Waals surface area contributed by atoms with Crippen LogP contribution in [0, 0.1) is 4.51 Å². The zero-order chi connectivity index (χ0) is 9.14. The van der Waals surface area contributed by atoms with Crippen molar-refractivity contribution >= 4 is 18.1 Å². The van der Waals surface area contributed by atoms with Gasteiger partial charge < -0.3 is 9.88 Å². The fraction of sp³-hybridized carbons (Fsp3) is 0.250. The zero-order valence-corrected chi connectivity index (χ0v) is 7.81. The summed E-state index contributed by atoms with van der Waals surface area (Å²) in [4.78, 5) is 15.7. The maximum Gasteiger partial charge on any atom is 0.269 e. The van der Waals surface area contributed by atoms with Gasteiger partial charge in [-0.05, 0) is 12.1 Å². The predicted molar refractivity (Wildman–Crippen MR) is 49.6 cm³/mol. The molecule has 0 aliphatic rings. The highest BCUT2D eigenvalue weighted by Gasteiger charge is 2.06. The quantitative estimate of drug-likeness (QED) is 0.667. The number of hydrogen-bond acceptors (Lipinski definition) is 2. The van der Waals surface area contributed by atoms with E-state index in [0.29, 0.717) is 10.2 Å². The van der Waals surface area contributed by atoms with Gasteiger partial charge in [-0.2, -0.15) is 0 Å². The Bertz CT molecular complexity index is 343. The highest BCUT2D eigenvalue weighted by Crippen LogP contribution is 1.98. The fourth-order valence-corrected chi connectivity index (χ4v) is 0.996. The SMILES string of the molecule is CN(C)C(=O)c1cc(=S)cc[nH]1. The molecule has 12 heavy (non-hydrogen) atoms. The molecule has 0 atom stereocenters. The maximum atomic E-state index is 11.3. The van der Waals surface area contributed by atoms with Crippen LogP contribution in [-0.2, 0) is 0 Å². The van der Waals surface area contributed by atoms with E-state index in [1.807, 2.05) is 0 Å². The van der Waals surface area contributed by atoms with E-state index in [4.69, 9.17) is 12.2 Å². The standard InChI is InChI=1S/C8H10N2OS/c1-10(2)8(11)7-5-6(12)3-4-9-7/h3-5H,1-2H3,(H,9,12). The predicted octanol–water partition coefficient (Wildman–Crippen LogP) is 1.45. The second-order valence-electron chi connectivity index (χ2n) is 2.64. The number of carbonyl (C=O) groups is 1. The van der Waals surface area contributed by atoms with Crippen LogP contribution < -0.4 is 0 Å². The smallest absolute Gasteiger partial charge is 0.269 e. The minimum Gasteiger partial charge on any atom is -0.357 e. The molecule has 1 rings (SSSR count). The number of rotatable bonds is 1. The molecule has 0 bridgehead atoms. The van der Waals surface area contributed by atoms with Crippen LogP contribution in [0.2, 0.25) is 0 Å². The van der Waals surface area contributed by atoms with Gasteiger partial charge in [0.25, 0.3) is 5.91 Å². The topological polar surface area (TPSA) is 36.1 Å². The molecule has 0 aromatic carbocycles. The van der Waals surface area contributed by atoms with Gasteiger partial charge >= 0.3 is 0 Å². The molecule has 1 amide bonds. The van der Waals surface area contributed by atoms with Crippen LogP contribution in [0.25, 0.3) is 0 Å². The summed E-state index contributed by atoms with van der Waals surface area (Å²) >= 11 is 4.91. The average molecular weight is 182 g/mol. The Kier molecular flexibility index (Phi) is 2.60. The van der Waals surface area contributed by atoms with Crippen molar-refractivity contribution < 1.29 is 4.79 Å². The number of carbonyl (C=O) groups excluding carboxylic acids is 1. The average Bonchev–Trinajstić information content (AvgIpc) is 2.03. The van der Waals surface area contributed by atoms with E-state index in [-0.39, 0.29) is 5.91 Å². The Hall–Kier alpha value is -1.16. The maximum absolute atomic E-state index is 11.3. The van der Waals surface area contributed by atoms with Crippen LogP contribution in [0.4, 0.5) is 0 Å². The number of aromatic nitrogens is 1. The lowest BCUT2D eigenvalue weighted by molar-refractivity contribution is 0.0822. The van der Waals surface area contributed by atoms with E-state index in [0.717, 1.165) is 0 Å². The van der Waals surface area contributed by atoms with E-state index in [9.17, 15) is 4.79 Å². The highest BCUT2D eigenvalue weighted by atomic mass is 32.1. The van der Waals surface area contributed by atoms with Crippen molar-refractivity contribution in [2.45, 2.75) is 0 Å². The molecule has 0 saturated carbocycles. The Morgan fingerprint density at radius 1 is 1.58 bits per heavy atom. The van der Waals surface area contributed by atoms with Gasteiger partial charge in [-0.1, -0.05) is 12.2 Å². The molecule has 64 valence electrons. The molecule has 0 fully saturated rings. The van der Waals surface area contributed by atoms with Crippen molar-refractivity contribution in [3.63, 3.8) is 0 Å². The van der Waals surface area contributed by atoms with Crippen molar-refractivity contribution in [1.82, 2.24) is 9.88 Å². The van der Waals surface area contributed by atoms with Crippen molar-refractivity contribution in [1.29, 1.82) is 0 Å². The number of nitrogens with zero attached hydrogens (tertiary/aromatic N) is 1. The number of amides is 1.